The quantitative estimate of drug-likeness (QED) is 0.839. The van der Waals surface area contributed by atoms with E-state index < -0.39 is 5.97 Å². The lowest BCUT2D eigenvalue weighted by Gasteiger charge is -2.07. The molecule has 3 rings (SSSR count). The van der Waals surface area contributed by atoms with Gasteiger partial charge in [0, 0.05) is 24.0 Å². The van der Waals surface area contributed by atoms with E-state index >= 15 is 0 Å². The van der Waals surface area contributed by atoms with E-state index in [9.17, 15) is 4.79 Å². The molecule has 0 radical (unpaired) electrons. The fourth-order valence-corrected chi connectivity index (χ4v) is 2.59. The number of hydrogen-bond donors (Lipinski definition) is 1. The predicted octanol–water partition coefficient (Wildman–Crippen LogP) is 1.85. The van der Waals surface area contributed by atoms with Crippen LogP contribution in [0.25, 0.3) is 11.4 Å². The first-order valence-corrected chi connectivity index (χ1v) is 6.94. The van der Waals surface area contributed by atoms with E-state index in [0.717, 1.165) is 24.2 Å². The van der Waals surface area contributed by atoms with E-state index in [2.05, 4.69) is 15.2 Å². The number of carbonyl (C=O) groups is 1. The van der Waals surface area contributed by atoms with Crippen molar-refractivity contribution < 1.29 is 9.90 Å². The molecule has 7 heteroatoms. The highest BCUT2D eigenvalue weighted by atomic mass is 32.2. The summed E-state index contributed by atoms with van der Waals surface area (Å²) in [5.41, 5.74) is 0.955. The molecule has 0 aromatic carbocycles. The number of pyridine rings is 1. The molecule has 6 nitrogen and oxygen atoms in total. The van der Waals surface area contributed by atoms with E-state index in [-0.39, 0.29) is 5.75 Å². The van der Waals surface area contributed by atoms with Gasteiger partial charge in [-0.3, -0.25) is 14.3 Å². The lowest BCUT2D eigenvalue weighted by atomic mass is 10.2. The van der Waals surface area contributed by atoms with E-state index in [1.54, 1.807) is 12.4 Å². The van der Waals surface area contributed by atoms with Gasteiger partial charge in [0.2, 0.25) is 0 Å². The first-order chi connectivity index (χ1) is 9.25. The van der Waals surface area contributed by atoms with Crippen molar-refractivity contribution in [3.05, 3.63) is 24.5 Å². The minimum atomic E-state index is -0.846. The van der Waals surface area contributed by atoms with Gasteiger partial charge in [-0.1, -0.05) is 11.8 Å². The lowest BCUT2D eigenvalue weighted by molar-refractivity contribution is -0.133. The third-order valence-electron chi connectivity index (χ3n) is 2.84. The van der Waals surface area contributed by atoms with Gasteiger partial charge in [0.05, 0.1) is 5.75 Å². The van der Waals surface area contributed by atoms with Crippen LogP contribution in [0.1, 0.15) is 18.9 Å². The lowest BCUT2D eigenvalue weighted by Crippen LogP contribution is -2.03. The average Bonchev–Trinajstić information content (AvgIpc) is 3.17. The summed E-state index contributed by atoms with van der Waals surface area (Å²) in [4.78, 5) is 14.6. The maximum Gasteiger partial charge on any atom is 0.313 e. The predicted molar refractivity (Wildman–Crippen MR) is 69.9 cm³/mol. The highest BCUT2D eigenvalue weighted by Gasteiger charge is 2.30. The SMILES string of the molecule is O=C(O)CSc1nnc(-c2ccncc2)n1C1CC1. The molecule has 2 aromatic heterocycles. The van der Waals surface area contributed by atoms with Gasteiger partial charge < -0.3 is 5.11 Å². The molecule has 1 saturated carbocycles. The van der Waals surface area contributed by atoms with Crippen LogP contribution in [0.4, 0.5) is 0 Å². The molecule has 0 bridgehead atoms. The summed E-state index contributed by atoms with van der Waals surface area (Å²) in [6, 6.07) is 4.16. The molecule has 2 aromatic rings. The number of carboxylic acid groups (broad SMARTS) is 1. The molecule has 1 aliphatic rings. The number of aliphatic carboxylic acids is 1. The van der Waals surface area contributed by atoms with Crippen LogP contribution in [0.5, 0.6) is 0 Å². The van der Waals surface area contributed by atoms with Crippen LogP contribution in [0.15, 0.2) is 29.7 Å². The monoisotopic (exact) mass is 276 g/mol. The Hall–Kier alpha value is -1.89. The van der Waals surface area contributed by atoms with Crippen molar-refractivity contribution >= 4 is 17.7 Å². The average molecular weight is 276 g/mol. The summed E-state index contributed by atoms with van der Waals surface area (Å²) < 4.78 is 2.04. The fourth-order valence-electron chi connectivity index (χ4n) is 1.86. The molecule has 1 N–H and O–H groups in total. The molecule has 19 heavy (non-hydrogen) atoms. The Morgan fingerprint density at radius 2 is 2.11 bits per heavy atom. The maximum absolute atomic E-state index is 10.7. The van der Waals surface area contributed by atoms with Crippen molar-refractivity contribution in [2.45, 2.75) is 24.0 Å². The highest BCUT2D eigenvalue weighted by Crippen LogP contribution is 2.40. The molecule has 0 atom stereocenters. The Morgan fingerprint density at radius 3 is 2.74 bits per heavy atom. The molecule has 0 amide bonds. The topological polar surface area (TPSA) is 80.9 Å². The maximum atomic E-state index is 10.7. The van der Waals surface area contributed by atoms with Gasteiger partial charge in [-0.25, -0.2) is 0 Å². The first kappa shape index (κ1) is 12.2. The standard InChI is InChI=1S/C12H12N4O2S/c17-10(18)7-19-12-15-14-11(16(12)9-1-2-9)8-3-5-13-6-4-8/h3-6,9H,1-2,7H2,(H,17,18). The van der Waals surface area contributed by atoms with Crippen LogP contribution >= 0.6 is 11.8 Å². The summed E-state index contributed by atoms with van der Waals surface area (Å²) in [6.07, 6.45) is 5.62. The minimum absolute atomic E-state index is 0.00119. The van der Waals surface area contributed by atoms with Crippen molar-refractivity contribution in [2.24, 2.45) is 0 Å². The van der Waals surface area contributed by atoms with Gasteiger partial charge in [-0.15, -0.1) is 10.2 Å². The molecule has 0 saturated heterocycles. The summed E-state index contributed by atoms with van der Waals surface area (Å²) in [6.45, 7) is 0. The Balaban J connectivity index is 1.94. The van der Waals surface area contributed by atoms with Gasteiger partial charge in [-0.05, 0) is 25.0 Å². The van der Waals surface area contributed by atoms with Gasteiger partial charge in [0.15, 0.2) is 11.0 Å². The zero-order chi connectivity index (χ0) is 13.2. The smallest absolute Gasteiger partial charge is 0.313 e. The molecular formula is C12H12N4O2S. The molecular weight excluding hydrogens is 264 g/mol. The van der Waals surface area contributed by atoms with Crippen LogP contribution < -0.4 is 0 Å². The van der Waals surface area contributed by atoms with Crippen molar-refractivity contribution in [1.82, 2.24) is 19.7 Å². The van der Waals surface area contributed by atoms with Crippen molar-refractivity contribution in [1.29, 1.82) is 0 Å². The number of nitrogens with zero attached hydrogens (tertiary/aromatic N) is 4. The third kappa shape index (κ3) is 2.60. The van der Waals surface area contributed by atoms with Crippen molar-refractivity contribution in [3.8, 4) is 11.4 Å². The van der Waals surface area contributed by atoms with E-state index in [4.69, 9.17) is 5.11 Å². The Labute approximate surface area is 113 Å². The largest absolute Gasteiger partial charge is 0.481 e. The molecule has 98 valence electrons. The van der Waals surface area contributed by atoms with Crippen LogP contribution in [0, 0.1) is 0 Å². The summed E-state index contributed by atoms with van der Waals surface area (Å²) in [7, 11) is 0. The fraction of sp³-hybridized carbons (Fsp3) is 0.333. The third-order valence-corrected chi connectivity index (χ3v) is 3.77. The Morgan fingerprint density at radius 1 is 1.37 bits per heavy atom. The zero-order valence-electron chi connectivity index (χ0n) is 10.1. The Kier molecular flexibility index (Phi) is 3.20. The van der Waals surface area contributed by atoms with Crippen molar-refractivity contribution in [2.75, 3.05) is 5.75 Å². The molecule has 1 fully saturated rings. The molecule has 2 heterocycles. The summed E-state index contributed by atoms with van der Waals surface area (Å²) >= 11 is 1.21. The number of carboxylic acids is 1. The molecule has 0 unspecified atom stereocenters. The van der Waals surface area contributed by atoms with Gasteiger partial charge >= 0.3 is 5.97 Å². The van der Waals surface area contributed by atoms with Crippen molar-refractivity contribution in [3.63, 3.8) is 0 Å². The van der Waals surface area contributed by atoms with Crippen LogP contribution in [0.2, 0.25) is 0 Å². The number of rotatable bonds is 5. The second-order valence-corrected chi connectivity index (χ2v) is 5.27. The van der Waals surface area contributed by atoms with E-state index in [1.165, 1.54) is 11.8 Å². The second-order valence-electron chi connectivity index (χ2n) is 4.33. The van der Waals surface area contributed by atoms with Crippen LogP contribution in [0.3, 0.4) is 0 Å². The van der Waals surface area contributed by atoms with Gasteiger partial charge in [-0.2, -0.15) is 0 Å². The first-order valence-electron chi connectivity index (χ1n) is 5.95. The van der Waals surface area contributed by atoms with E-state index in [1.807, 2.05) is 16.7 Å². The number of aromatic nitrogens is 4. The molecule has 0 spiro atoms. The second kappa shape index (κ2) is 5.00. The van der Waals surface area contributed by atoms with E-state index in [0.29, 0.717) is 11.2 Å². The minimum Gasteiger partial charge on any atom is -0.481 e. The Bertz CT molecular complexity index is 595. The number of thioether (sulfide) groups is 1. The van der Waals surface area contributed by atoms with Crippen LogP contribution in [-0.2, 0) is 4.79 Å². The van der Waals surface area contributed by atoms with Gasteiger partial charge in [0.25, 0.3) is 0 Å². The number of hydrogen-bond acceptors (Lipinski definition) is 5. The normalized spacial score (nSPS) is 14.5. The van der Waals surface area contributed by atoms with Gasteiger partial charge in [0.1, 0.15) is 0 Å². The summed E-state index contributed by atoms with van der Waals surface area (Å²) in [5, 5.41) is 17.7. The molecule has 1 aliphatic carbocycles. The zero-order valence-corrected chi connectivity index (χ0v) is 10.9. The molecule has 0 aliphatic heterocycles. The van der Waals surface area contributed by atoms with Crippen LogP contribution in [-0.4, -0.2) is 36.6 Å². The highest BCUT2D eigenvalue weighted by molar-refractivity contribution is 7.99. The summed E-state index contributed by atoms with van der Waals surface area (Å²) in [5.74, 6) is -0.0557.